The molecule has 172 valence electrons. The molecule has 0 saturated carbocycles. The number of amides is 2. The van der Waals surface area contributed by atoms with Gasteiger partial charge in [-0.2, -0.15) is 4.39 Å². The first kappa shape index (κ1) is 23.5. The molecule has 1 N–H and O–H groups in total. The third kappa shape index (κ3) is 6.42. The molecule has 0 aliphatic carbocycles. The highest BCUT2D eigenvalue weighted by Crippen LogP contribution is 2.26. The quantitative estimate of drug-likeness (QED) is 0.360. The zero-order chi connectivity index (χ0) is 22.9. The van der Waals surface area contributed by atoms with Gasteiger partial charge < -0.3 is 19.4 Å². The van der Waals surface area contributed by atoms with Crippen LogP contribution < -0.4 is 10.1 Å². The molecule has 8 heteroatoms. The van der Waals surface area contributed by atoms with Crippen molar-refractivity contribution in [1.29, 1.82) is 0 Å². The van der Waals surface area contributed by atoms with Gasteiger partial charge in [-0.3, -0.25) is 9.59 Å². The highest BCUT2D eigenvalue weighted by Gasteiger charge is 2.26. The molecule has 0 aromatic carbocycles. The summed E-state index contributed by atoms with van der Waals surface area (Å²) in [4.78, 5) is 30.0. The molecule has 0 bridgehead atoms. The molecule has 0 atom stereocenters. The average molecular weight is 444 g/mol. The Morgan fingerprint density at radius 1 is 1.34 bits per heavy atom. The van der Waals surface area contributed by atoms with Crippen molar-refractivity contribution in [1.82, 2.24) is 15.2 Å². The van der Waals surface area contributed by atoms with Crippen LogP contribution in [0.25, 0.3) is 6.08 Å². The van der Waals surface area contributed by atoms with E-state index in [9.17, 15) is 14.0 Å². The van der Waals surface area contributed by atoms with E-state index in [1.165, 1.54) is 25.5 Å². The van der Waals surface area contributed by atoms with Gasteiger partial charge in [-0.25, -0.2) is 4.98 Å². The van der Waals surface area contributed by atoms with Crippen LogP contribution in [0.4, 0.5) is 4.39 Å². The van der Waals surface area contributed by atoms with E-state index < -0.39 is 5.95 Å². The predicted octanol–water partition coefficient (Wildman–Crippen LogP) is 3.98. The number of nitrogens with one attached hydrogen (secondary N) is 1. The van der Waals surface area contributed by atoms with Crippen LogP contribution in [0.3, 0.4) is 0 Å². The fourth-order valence-electron chi connectivity index (χ4n) is 3.88. The van der Waals surface area contributed by atoms with Crippen LogP contribution in [-0.2, 0) is 4.79 Å². The second kappa shape index (κ2) is 11.5. The molecule has 7 nitrogen and oxygen atoms in total. The maximum Gasteiger partial charge on any atom is 0.285 e. The SMILES string of the molecule is COc1cc(C(=O)N2CCC(CCCCNC(=O)/C=C/c3cccnc3F)CC2)c(C)o1. The molecule has 1 aliphatic heterocycles. The number of halogens is 1. The van der Waals surface area contributed by atoms with Crippen molar-refractivity contribution in [3.63, 3.8) is 0 Å². The number of hydrogen-bond acceptors (Lipinski definition) is 5. The Balaban J connectivity index is 1.31. The van der Waals surface area contributed by atoms with E-state index in [0.717, 1.165) is 45.2 Å². The Labute approximate surface area is 187 Å². The normalized spacial score (nSPS) is 14.7. The molecule has 32 heavy (non-hydrogen) atoms. The zero-order valence-electron chi connectivity index (χ0n) is 18.6. The van der Waals surface area contributed by atoms with E-state index in [1.54, 1.807) is 25.1 Å². The first-order chi connectivity index (χ1) is 15.5. The van der Waals surface area contributed by atoms with E-state index in [1.807, 2.05) is 4.90 Å². The number of rotatable bonds is 9. The number of methoxy groups -OCH3 is 1. The summed E-state index contributed by atoms with van der Waals surface area (Å²) in [6, 6.07) is 4.84. The van der Waals surface area contributed by atoms with E-state index in [2.05, 4.69) is 10.3 Å². The van der Waals surface area contributed by atoms with Crippen molar-refractivity contribution >= 4 is 17.9 Å². The summed E-state index contributed by atoms with van der Waals surface area (Å²) in [5, 5.41) is 2.82. The van der Waals surface area contributed by atoms with Gasteiger partial charge in [-0.15, -0.1) is 0 Å². The molecule has 0 radical (unpaired) electrons. The number of pyridine rings is 1. The van der Waals surface area contributed by atoms with Crippen LogP contribution in [0.15, 0.2) is 34.9 Å². The number of aromatic nitrogens is 1. The molecular weight excluding hydrogens is 413 g/mol. The fraction of sp³-hybridized carbons (Fsp3) is 0.458. The van der Waals surface area contributed by atoms with Crippen LogP contribution in [-0.4, -0.2) is 48.4 Å². The number of unbranched alkanes of at least 4 members (excludes halogenated alkanes) is 1. The molecule has 2 amide bonds. The Hall–Kier alpha value is -3.16. The third-order valence-corrected chi connectivity index (χ3v) is 5.77. The molecular formula is C24H30FN3O4. The van der Waals surface area contributed by atoms with Crippen molar-refractivity contribution in [3.05, 3.63) is 53.3 Å². The Kier molecular flexibility index (Phi) is 8.41. The summed E-state index contributed by atoms with van der Waals surface area (Å²) in [6.07, 6.45) is 9.04. The summed E-state index contributed by atoms with van der Waals surface area (Å²) >= 11 is 0. The van der Waals surface area contributed by atoms with Gasteiger partial charge in [-0.05, 0) is 50.3 Å². The van der Waals surface area contributed by atoms with Gasteiger partial charge in [0.25, 0.3) is 11.9 Å². The van der Waals surface area contributed by atoms with Crippen molar-refractivity contribution < 1.29 is 23.1 Å². The lowest BCUT2D eigenvalue weighted by atomic mass is 9.91. The van der Waals surface area contributed by atoms with Crippen LogP contribution >= 0.6 is 0 Å². The van der Waals surface area contributed by atoms with Crippen molar-refractivity contribution in [2.24, 2.45) is 5.92 Å². The van der Waals surface area contributed by atoms with E-state index in [-0.39, 0.29) is 17.4 Å². The first-order valence-electron chi connectivity index (χ1n) is 11.0. The molecule has 1 fully saturated rings. The van der Waals surface area contributed by atoms with Gasteiger partial charge in [-0.1, -0.05) is 12.8 Å². The zero-order valence-corrected chi connectivity index (χ0v) is 18.6. The van der Waals surface area contributed by atoms with Crippen LogP contribution in [0.5, 0.6) is 5.95 Å². The highest BCUT2D eigenvalue weighted by molar-refractivity contribution is 5.95. The standard InChI is InChI=1S/C24H30FN3O4/c1-17-20(16-22(31-2)32-17)24(30)28-14-10-18(11-15-28)6-3-4-12-26-21(29)9-8-19-7-5-13-27-23(19)25/h5,7-9,13,16,18H,3-4,6,10-12,14-15H2,1-2H3,(H,26,29)/b9-8+. The average Bonchev–Trinajstić information content (AvgIpc) is 3.19. The number of hydrogen-bond donors (Lipinski definition) is 1. The van der Waals surface area contributed by atoms with Gasteiger partial charge in [0, 0.05) is 43.5 Å². The maximum absolute atomic E-state index is 13.4. The minimum Gasteiger partial charge on any atom is -0.468 e. The Morgan fingerprint density at radius 2 is 2.12 bits per heavy atom. The van der Waals surface area contributed by atoms with Gasteiger partial charge in [0.1, 0.15) is 5.76 Å². The van der Waals surface area contributed by atoms with Crippen LogP contribution in [0, 0.1) is 18.8 Å². The Bertz CT molecular complexity index is 948. The van der Waals surface area contributed by atoms with Gasteiger partial charge in [0.15, 0.2) is 0 Å². The van der Waals surface area contributed by atoms with Gasteiger partial charge in [0.05, 0.1) is 12.7 Å². The molecule has 3 heterocycles. The number of carbonyl (C=O) groups excluding carboxylic acids is 2. The van der Waals surface area contributed by atoms with Crippen molar-refractivity contribution in [2.75, 3.05) is 26.7 Å². The third-order valence-electron chi connectivity index (χ3n) is 5.77. The number of likely N-dealkylation sites (tertiary alicyclic amines) is 1. The van der Waals surface area contributed by atoms with E-state index in [4.69, 9.17) is 9.15 Å². The van der Waals surface area contributed by atoms with Crippen LogP contribution in [0.2, 0.25) is 0 Å². The summed E-state index contributed by atoms with van der Waals surface area (Å²) in [5.74, 6) is 0.678. The van der Waals surface area contributed by atoms with Crippen LogP contribution in [0.1, 0.15) is 53.8 Å². The maximum atomic E-state index is 13.4. The number of nitrogens with zero attached hydrogens (tertiary/aromatic N) is 2. The molecule has 0 unspecified atom stereocenters. The number of furan rings is 1. The lowest BCUT2D eigenvalue weighted by Gasteiger charge is -2.32. The summed E-state index contributed by atoms with van der Waals surface area (Å²) in [7, 11) is 1.52. The van der Waals surface area contributed by atoms with E-state index >= 15 is 0 Å². The topological polar surface area (TPSA) is 84.7 Å². The van der Waals surface area contributed by atoms with Gasteiger partial charge >= 0.3 is 0 Å². The Morgan fingerprint density at radius 3 is 2.81 bits per heavy atom. The molecule has 2 aromatic rings. The molecule has 3 rings (SSSR count). The number of aryl methyl sites for hydroxylation is 1. The minimum absolute atomic E-state index is 0.00469. The lowest BCUT2D eigenvalue weighted by Crippen LogP contribution is -2.38. The highest BCUT2D eigenvalue weighted by atomic mass is 19.1. The largest absolute Gasteiger partial charge is 0.468 e. The van der Waals surface area contributed by atoms with Crippen molar-refractivity contribution in [3.8, 4) is 5.95 Å². The summed E-state index contributed by atoms with van der Waals surface area (Å²) < 4.78 is 23.9. The molecule has 0 spiro atoms. The second-order valence-corrected chi connectivity index (χ2v) is 7.98. The van der Waals surface area contributed by atoms with Gasteiger partial charge in [0.2, 0.25) is 11.9 Å². The van der Waals surface area contributed by atoms with E-state index in [0.29, 0.717) is 29.7 Å². The molecule has 2 aromatic heterocycles. The summed E-state index contributed by atoms with van der Waals surface area (Å²) in [5.41, 5.74) is 0.853. The number of ether oxygens (including phenoxy) is 1. The second-order valence-electron chi connectivity index (χ2n) is 7.98. The number of carbonyl (C=O) groups is 2. The number of piperidine rings is 1. The predicted molar refractivity (Wildman–Crippen MR) is 119 cm³/mol. The minimum atomic E-state index is -0.594. The van der Waals surface area contributed by atoms with Crippen molar-refractivity contribution in [2.45, 2.75) is 39.0 Å². The summed E-state index contributed by atoms with van der Waals surface area (Å²) in [6.45, 7) is 3.83. The smallest absolute Gasteiger partial charge is 0.285 e. The monoisotopic (exact) mass is 443 g/mol. The fourth-order valence-corrected chi connectivity index (χ4v) is 3.88. The first-order valence-corrected chi connectivity index (χ1v) is 11.0. The molecule has 1 saturated heterocycles. The lowest BCUT2D eigenvalue weighted by molar-refractivity contribution is -0.116. The molecule has 1 aliphatic rings.